The van der Waals surface area contributed by atoms with Crippen molar-refractivity contribution in [1.82, 2.24) is 19.9 Å². The summed E-state index contributed by atoms with van der Waals surface area (Å²) < 4.78 is 0. The zero-order valence-corrected chi connectivity index (χ0v) is 13.9. The minimum atomic E-state index is -0.380. The molecule has 1 saturated heterocycles. The van der Waals surface area contributed by atoms with Gasteiger partial charge in [-0.25, -0.2) is 14.8 Å². The number of anilines is 1. The van der Waals surface area contributed by atoms with Gasteiger partial charge in [-0.05, 0) is 31.0 Å². The molecule has 3 heterocycles. The predicted octanol–water partition coefficient (Wildman–Crippen LogP) is 1.14. The Morgan fingerprint density at radius 1 is 1.28 bits per heavy atom. The second-order valence-corrected chi connectivity index (χ2v) is 6.03. The number of aromatic amines is 1. The van der Waals surface area contributed by atoms with Gasteiger partial charge in [-0.1, -0.05) is 0 Å². The normalized spacial score (nSPS) is 17.2. The molecule has 0 spiro atoms. The molecule has 8 nitrogen and oxygen atoms in total. The fraction of sp³-hybridized carbons (Fsp3) is 0.353. The van der Waals surface area contributed by atoms with Gasteiger partial charge in [0.15, 0.2) is 0 Å². The summed E-state index contributed by atoms with van der Waals surface area (Å²) in [5, 5.41) is 2.58. The number of amides is 2. The van der Waals surface area contributed by atoms with Crippen molar-refractivity contribution in [2.45, 2.75) is 25.7 Å². The number of nitrogens with one attached hydrogen (secondary N) is 2. The Morgan fingerprint density at radius 2 is 2.08 bits per heavy atom. The number of H-pyrrole nitrogens is 1. The van der Waals surface area contributed by atoms with Gasteiger partial charge in [0.05, 0.1) is 0 Å². The van der Waals surface area contributed by atoms with Gasteiger partial charge < -0.3 is 15.2 Å². The monoisotopic (exact) mass is 341 g/mol. The molecule has 130 valence electrons. The van der Waals surface area contributed by atoms with Crippen molar-refractivity contribution >= 4 is 17.6 Å². The van der Waals surface area contributed by atoms with E-state index in [4.69, 9.17) is 0 Å². The molecule has 0 radical (unpaired) electrons. The standard InChI is InChI=1S/C17H19N5O3/c1-11(23)20-15-9-12(4-6-18-15)16(24)22-8-2-3-13(10-22)14-5-7-19-17(25)21-14/h4-7,9,13H,2-3,8,10H2,1H3,(H,18,20,23)(H,19,21,25)/t13-/m0/s1. The maximum atomic E-state index is 12.8. The summed E-state index contributed by atoms with van der Waals surface area (Å²) in [7, 11) is 0. The average molecular weight is 341 g/mol. The van der Waals surface area contributed by atoms with Gasteiger partial charge >= 0.3 is 5.69 Å². The van der Waals surface area contributed by atoms with Crippen molar-refractivity contribution in [2.24, 2.45) is 0 Å². The minimum Gasteiger partial charge on any atom is -0.338 e. The number of carbonyl (C=O) groups is 2. The Balaban J connectivity index is 1.76. The van der Waals surface area contributed by atoms with E-state index in [1.807, 2.05) is 0 Å². The number of pyridine rings is 1. The van der Waals surface area contributed by atoms with E-state index >= 15 is 0 Å². The number of hydrogen-bond acceptors (Lipinski definition) is 5. The molecular weight excluding hydrogens is 322 g/mol. The quantitative estimate of drug-likeness (QED) is 0.870. The molecule has 0 unspecified atom stereocenters. The topological polar surface area (TPSA) is 108 Å². The number of piperidine rings is 1. The van der Waals surface area contributed by atoms with Gasteiger partial charge in [0.25, 0.3) is 5.91 Å². The van der Waals surface area contributed by atoms with Crippen LogP contribution in [0.2, 0.25) is 0 Å². The van der Waals surface area contributed by atoms with E-state index < -0.39 is 0 Å². The first-order valence-electron chi connectivity index (χ1n) is 8.11. The van der Waals surface area contributed by atoms with Crippen molar-refractivity contribution in [3.63, 3.8) is 0 Å². The van der Waals surface area contributed by atoms with Crippen LogP contribution >= 0.6 is 0 Å². The second-order valence-electron chi connectivity index (χ2n) is 6.03. The maximum absolute atomic E-state index is 12.8. The molecule has 3 rings (SSSR count). The summed E-state index contributed by atoms with van der Waals surface area (Å²) in [5.41, 5.74) is 0.892. The molecule has 0 bridgehead atoms. The molecular formula is C17H19N5O3. The molecule has 8 heteroatoms. The lowest BCUT2D eigenvalue weighted by atomic mass is 9.94. The molecule has 1 atom stereocenters. The van der Waals surface area contributed by atoms with Crippen LogP contribution in [0.3, 0.4) is 0 Å². The Labute approximate surface area is 144 Å². The van der Waals surface area contributed by atoms with Crippen LogP contribution in [-0.4, -0.2) is 44.8 Å². The van der Waals surface area contributed by atoms with Crippen LogP contribution in [0.5, 0.6) is 0 Å². The van der Waals surface area contributed by atoms with Crippen LogP contribution < -0.4 is 11.0 Å². The minimum absolute atomic E-state index is 0.0741. The third-order valence-electron chi connectivity index (χ3n) is 4.16. The predicted molar refractivity (Wildman–Crippen MR) is 91.3 cm³/mol. The van der Waals surface area contributed by atoms with E-state index in [-0.39, 0.29) is 23.4 Å². The van der Waals surface area contributed by atoms with Crippen molar-refractivity contribution < 1.29 is 9.59 Å². The van der Waals surface area contributed by atoms with Crippen molar-refractivity contribution in [3.05, 3.63) is 52.3 Å². The van der Waals surface area contributed by atoms with E-state index in [2.05, 4.69) is 20.3 Å². The van der Waals surface area contributed by atoms with Crippen LogP contribution in [0.15, 0.2) is 35.4 Å². The third kappa shape index (κ3) is 4.09. The number of nitrogens with zero attached hydrogens (tertiary/aromatic N) is 3. The van der Waals surface area contributed by atoms with Crippen LogP contribution in [-0.2, 0) is 4.79 Å². The molecule has 1 aliphatic heterocycles. The van der Waals surface area contributed by atoms with Crippen LogP contribution in [0.1, 0.15) is 41.7 Å². The lowest BCUT2D eigenvalue weighted by molar-refractivity contribution is -0.114. The second kappa shape index (κ2) is 7.25. The van der Waals surface area contributed by atoms with E-state index in [1.165, 1.54) is 19.3 Å². The summed E-state index contributed by atoms with van der Waals surface area (Å²) in [4.78, 5) is 47.5. The van der Waals surface area contributed by atoms with Crippen LogP contribution in [0.4, 0.5) is 5.82 Å². The molecule has 25 heavy (non-hydrogen) atoms. The van der Waals surface area contributed by atoms with Gasteiger partial charge in [0.1, 0.15) is 5.82 Å². The van der Waals surface area contributed by atoms with Crippen molar-refractivity contribution in [3.8, 4) is 0 Å². The first kappa shape index (κ1) is 16.8. The summed E-state index contributed by atoms with van der Waals surface area (Å²) in [6, 6.07) is 4.98. The van der Waals surface area contributed by atoms with Gasteiger partial charge in [-0.15, -0.1) is 0 Å². The van der Waals surface area contributed by atoms with E-state index in [0.717, 1.165) is 18.5 Å². The van der Waals surface area contributed by atoms with Crippen molar-refractivity contribution in [2.75, 3.05) is 18.4 Å². The molecule has 2 aromatic heterocycles. The number of carbonyl (C=O) groups excluding carboxylic acids is 2. The van der Waals surface area contributed by atoms with Crippen LogP contribution in [0, 0.1) is 0 Å². The molecule has 0 aliphatic carbocycles. The lowest BCUT2D eigenvalue weighted by Gasteiger charge is -2.32. The summed E-state index contributed by atoms with van der Waals surface area (Å²) >= 11 is 0. The maximum Gasteiger partial charge on any atom is 0.345 e. The van der Waals surface area contributed by atoms with Gasteiger partial charge in [-0.2, -0.15) is 0 Å². The highest BCUT2D eigenvalue weighted by atomic mass is 16.2. The molecule has 2 aromatic rings. The number of hydrogen-bond donors (Lipinski definition) is 2. The number of likely N-dealkylation sites (tertiary alicyclic amines) is 1. The van der Waals surface area contributed by atoms with E-state index in [0.29, 0.717) is 24.5 Å². The van der Waals surface area contributed by atoms with E-state index in [9.17, 15) is 14.4 Å². The smallest absolute Gasteiger partial charge is 0.338 e. The van der Waals surface area contributed by atoms with Gasteiger partial charge in [0, 0.05) is 49.6 Å². The van der Waals surface area contributed by atoms with Crippen molar-refractivity contribution in [1.29, 1.82) is 0 Å². The van der Waals surface area contributed by atoms with Crippen LogP contribution in [0.25, 0.3) is 0 Å². The molecule has 0 saturated carbocycles. The fourth-order valence-corrected chi connectivity index (χ4v) is 3.03. The van der Waals surface area contributed by atoms with Gasteiger partial charge in [0.2, 0.25) is 5.91 Å². The number of aromatic nitrogens is 3. The van der Waals surface area contributed by atoms with E-state index in [1.54, 1.807) is 23.1 Å². The number of rotatable bonds is 3. The summed E-state index contributed by atoms with van der Waals surface area (Å²) in [5.74, 6) is 0.0716. The third-order valence-corrected chi connectivity index (χ3v) is 4.16. The Kier molecular flexibility index (Phi) is 4.87. The Morgan fingerprint density at radius 3 is 2.84 bits per heavy atom. The molecule has 2 amide bonds. The molecule has 0 aromatic carbocycles. The first-order valence-corrected chi connectivity index (χ1v) is 8.11. The SMILES string of the molecule is CC(=O)Nc1cc(C(=O)N2CCC[C@H](c3ccnc(=O)[nH]3)C2)ccn1. The highest BCUT2D eigenvalue weighted by molar-refractivity contribution is 5.96. The Hall–Kier alpha value is -3.03. The molecule has 2 N–H and O–H groups in total. The zero-order chi connectivity index (χ0) is 17.8. The summed E-state index contributed by atoms with van der Waals surface area (Å²) in [6.45, 7) is 2.57. The molecule has 1 fully saturated rings. The zero-order valence-electron chi connectivity index (χ0n) is 13.9. The fourth-order valence-electron chi connectivity index (χ4n) is 3.03. The summed E-state index contributed by atoms with van der Waals surface area (Å²) in [6.07, 6.45) is 4.74. The van der Waals surface area contributed by atoms with Gasteiger partial charge in [-0.3, -0.25) is 9.59 Å². The average Bonchev–Trinajstić information content (AvgIpc) is 2.61. The highest BCUT2D eigenvalue weighted by Crippen LogP contribution is 2.26. The Bertz CT molecular complexity index is 848. The largest absolute Gasteiger partial charge is 0.345 e. The lowest BCUT2D eigenvalue weighted by Crippen LogP contribution is -2.39. The first-order chi connectivity index (χ1) is 12.0. The molecule has 1 aliphatic rings. The highest BCUT2D eigenvalue weighted by Gasteiger charge is 2.26.